The summed E-state index contributed by atoms with van der Waals surface area (Å²) in [5, 5.41) is 6.61. The molecule has 1 aliphatic carbocycles. The van der Waals surface area contributed by atoms with E-state index in [9.17, 15) is 4.79 Å². The third-order valence-corrected chi connectivity index (χ3v) is 4.48. The summed E-state index contributed by atoms with van der Waals surface area (Å²) >= 11 is 6.13. The fourth-order valence-corrected chi connectivity index (χ4v) is 3.20. The fraction of sp³-hybridized carbons (Fsp3) is 0.389. The fourth-order valence-electron chi connectivity index (χ4n) is 2.94. The van der Waals surface area contributed by atoms with Crippen molar-refractivity contribution in [2.75, 3.05) is 12.4 Å². The van der Waals surface area contributed by atoms with E-state index < -0.39 is 0 Å². The van der Waals surface area contributed by atoms with Crippen LogP contribution in [-0.2, 0) is 0 Å². The average Bonchev–Trinajstić information content (AvgIpc) is 3.07. The molecule has 6 nitrogen and oxygen atoms in total. The minimum Gasteiger partial charge on any atom is -0.495 e. The number of amides is 1. The Kier molecular flexibility index (Phi) is 5.38. The zero-order chi connectivity index (χ0) is 17.8. The number of aryl methyl sites for hydroxylation is 1. The SMILES string of the molecule is COc1ccc(Nc2nc(C)cc(C(=O)NC3CCCC3)n2)cc1Cl. The van der Waals surface area contributed by atoms with E-state index in [-0.39, 0.29) is 11.9 Å². The second kappa shape index (κ2) is 7.70. The molecule has 0 unspecified atom stereocenters. The highest BCUT2D eigenvalue weighted by atomic mass is 35.5. The molecular formula is C18H21ClN4O2. The van der Waals surface area contributed by atoms with Gasteiger partial charge in [-0.05, 0) is 44.0 Å². The maximum atomic E-state index is 12.4. The lowest BCUT2D eigenvalue weighted by Gasteiger charge is -2.13. The highest BCUT2D eigenvalue weighted by Crippen LogP contribution is 2.28. The lowest BCUT2D eigenvalue weighted by molar-refractivity contribution is 0.0932. The van der Waals surface area contributed by atoms with E-state index >= 15 is 0 Å². The number of ether oxygens (including phenoxy) is 1. The number of hydrogen-bond acceptors (Lipinski definition) is 5. The highest BCUT2D eigenvalue weighted by Gasteiger charge is 2.19. The molecule has 1 aliphatic rings. The van der Waals surface area contributed by atoms with Gasteiger partial charge < -0.3 is 15.4 Å². The Morgan fingerprint density at radius 2 is 2.00 bits per heavy atom. The quantitative estimate of drug-likeness (QED) is 0.846. The summed E-state index contributed by atoms with van der Waals surface area (Å²) in [5.74, 6) is 0.792. The summed E-state index contributed by atoms with van der Waals surface area (Å²) in [4.78, 5) is 21.1. The van der Waals surface area contributed by atoms with E-state index in [0.717, 1.165) is 18.5 Å². The standard InChI is InChI=1S/C18H21ClN4O2/c1-11-9-15(17(24)21-12-5-3-4-6-12)23-18(20-11)22-13-7-8-16(25-2)14(19)10-13/h7-10,12H,3-6H2,1-2H3,(H,21,24)(H,20,22,23). The third kappa shape index (κ3) is 4.39. The molecule has 0 saturated heterocycles. The number of hydrogen-bond donors (Lipinski definition) is 2. The summed E-state index contributed by atoms with van der Waals surface area (Å²) < 4.78 is 5.14. The Hall–Kier alpha value is -2.34. The van der Waals surface area contributed by atoms with Crippen molar-refractivity contribution in [3.05, 3.63) is 40.7 Å². The van der Waals surface area contributed by atoms with Crippen LogP contribution < -0.4 is 15.4 Å². The second-order valence-corrected chi connectivity index (χ2v) is 6.55. The summed E-state index contributed by atoms with van der Waals surface area (Å²) in [6.07, 6.45) is 4.40. The molecule has 0 aliphatic heterocycles. The largest absolute Gasteiger partial charge is 0.495 e. The van der Waals surface area contributed by atoms with Gasteiger partial charge in [-0.2, -0.15) is 0 Å². The smallest absolute Gasteiger partial charge is 0.270 e. The predicted octanol–water partition coefficient (Wildman–Crippen LogP) is 3.86. The van der Waals surface area contributed by atoms with Gasteiger partial charge in [0.25, 0.3) is 5.91 Å². The van der Waals surface area contributed by atoms with Gasteiger partial charge >= 0.3 is 0 Å². The van der Waals surface area contributed by atoms with Crippen LogP contribution in [0.25, 0.3) is 0 Å². The molecule has 1 fully saturated rings. The number of anilines is 2. The lowest BCUT2D eigenvalue weighted by Crippen LogP contribution is -2.33. The van der Waals surface area contributed by atoms with Gasteiger partial charge in [0.05, 0.1) is 12.1 Å². The first-order chi connectivity index (χ1) is 12.0. The first kappa shape index (κ1) is 17.5. The van der Waals surface area contributed by atoms with Crippen molar-refractivity contribution in [2.24, 2.45) is 0 Å². The Morgan fingerprint density at radius 3 is 2.68 bits per heavy atom. The van der Waals surface area contributed by atoms with Gasteiger partial charge in [0.1, 0.15) is 11.4 Å². The van der Waals surface area contributed by atoms with E-state index in [4.69, 9.17) is 16.3 Å². The Bertz CT molecular complexity index is 776. The molecule has 3 rings (SSSR count). The van der Waals surface area contributed by atoms with Crippen molar-refractivity contribution in [1.29, 1.82) is 0 Å². The zero-order valence-corrected chi connectivity index (χ0v) is 15.1. The van der Waals surface area contributed by atoms with E-state index in [0.29, 0.717) is 28.1 Å². The number of methoxy groups -OCH3 is 1. The van der Waals surface area contributed by atoms with Crippen LogP contribution in [0.1, 0.15) is 41.9 Å². The van der Waals surface area contributed by atoms with E-state index in [2.05, 4.69) is 20.6 Å². The molecule has 132 valence electrons. The molecule has 1 heterocycles. The number of halogens is 1. The topological polar surface area (TPSA) is 76.1 Å². The number of carbonyl (C=O) groups is 1. The minimum atomic E-state index is -0.159. The molecule has 1 saturated carbocycles. The van der Waals surface area contributed by atoms with Crippen LogP contribution in [0.3, 0.4) is 0 Å². The molecule has 2 aromatic rings. The number of rotatable bonds is 5. The van der Waals surface area contributed by atoms with E-state index in [1.54, 1.807) is 25.3 Å². The Morgan fingerprint density at radius 1 is 1.24 bits per heavy atom. The van der Waals surface area contributed by atoms with Crippen LogP contribution in [0, 0.1) is 6.92 Å². The van der Waals surface area contributed by atoms with E-state index in [1.165, 1.54) is 12.8 Å². The van der Waals surface area contributed by atoms with Crippen molar-refractivity contribution >= 4 is 29.1 Å². The van der Waals surface area contributed by atoms with Gasteiger partial charge in [-0.3, -0.25) is 4.79 Å². The highest BCUT2D eigenvalue weighted by molar-refractivity contribution is 6.32. The van der Waals surface area contributed by atoms with Crippen molar-refractivity contribution in [2.45, 2.75) is 38.6 Å². The van der Waals surface area contributed by atoms with Crippen LogP contribution in [0.15, 0.2) is 24.3 Å². The molecule has 2 N–H and O–H groups in total. The molecular weight excluding hydrogens is 340 g/mol. The number of benzene rings is 1. The van der Waals surface area contributed by atoms with Gasteiger partial charge in [0.2, 0.25) is 5.95 Å². The first-order valence-corrected chi connectivity index (χ1v) is 8.70. The molecule has 0 atom stereocenters. The van der Waals surface area contributed by atoms with Gasteiger partial charge in [0.15, 0.2) is 0 Å². The Balaban J connectivity index is 1.76. The van der Waals surface area contributed by atoms with Crippen LogP contribution in [0.5, 0.6) is 5.75 Å². The summed E-state index contributed by atoms with van der Waals surface area (Å²) in [6, 6.07) is 7.24. The van der Waals surface area contributed by atoms with Crippen LogP contribution >= 0.6 is 11.6 Å². The van der Waals surface area contributed by atoms with Crippen molar-refractivity contribution in [1.82, 2.24) is 15.3 Å². The summed E-state index contributed by atoms with van der Waals surface area (Å²) in [7, 11) is 1.56. The molecule has 25 heavy (non-hydrogen) atoms. The van der Waals surface area contributed by atoms with Crippen LogP contribution in [0.2, 0.25) is 5.02 Å². The third-order valence-electron chi connectivity index (χ3n) is 4.19. The molecule has 0 radical (unpaired) electrons. The van der Waals surface area contributed by atoms with Crippen LogP contribution in [-0.4, -0.2) is 29.0 Å². The van der Waals surface area contributed by atoms with Crippen molar-refractivity contribution < 1.29 is 9.53 Å². The number of carbonyl (C=O) groups excluding carboxylic acids is 1. The maximum Gasteiger partial charge on any atom is 0.270 e. The number of nitrogens with zero attached hydrogens (tertiary/aromatic N) is 2. The molecule has 0 bridgehead atoms. The van der Waals surface area contributed by atoms with Gasteiger partial charge in [0, 0.05) is 17.4 Å². The molecule has 1 amide bonds. The monoisotopic (exact) mass is 360 g/mol. The second-order valence-electron chi connectivity index (χ2n) is 6.15. The maximum absolute atomic E-state index is 12.4. The normalized spacial score (nSPS) is 14.4. The number of nitrogens with one attached hydrogen (secondary N) is 2. The first-order valence-electron chi connectivity index (χ1n) is 8.32. The molecule has 7 heteroatoms. The Labute approximate surface area is 152 Å². The van der Waals surface area contributed by atoms with Gasteiger partial charge in [-0.15, -0.1) is 0 Å². The summed E-state index contributed by atoms with van der Waals surface area (Å²) in [6.45, 7) is 1.83. The van der Waals surface area contributed by atoms with Gasteiger partial charge in [-0.1, -0.05) is 24.4 Å². The minimum absolute atomic E-state index is 0.159. The molecule has 1 aromatic heterocycles. The predicted molar refractivity (Wildman–Crippen MR) is 97.8 cm³/mol. The van der Waals surface area contributed by atoms with Crippen LogP contribution in [0.4, 0.5) is 11.6 Å². The molecule has 1 aromatic carbocycles. The van der Waals surface area contributed by atoms with E-state index in [1.807, 2.05) is 13.0 Å². The van der Waals surface area contributed by atoms with Crippen molar-refractivity contribution in [3.8, 4) is 5.75 Å². The number of aromatic nitrogens is 2. The van der Waals surface area contributed by atoms with Gasteiger partial charge in [-0.25, -0.2) is 9.97 Å². The van der Waals surface area contributed by atoms with Crippen molar-refractivity contribution in [3.63, 3.8) is 0 Å². The lowest BCUT2D eigenvalue weighted by atomic mass is 10.2. The average molecular weight is 361 g/mol. The molecule has 0 spiro atoms. The zero-order valence-electron chi connectivity index (χ0n) is 14.3. The summed E-state index contributed by atoms with van der Waals surface area (Å²) in [5.41, 5.74) is 1.80.